The molecule has 1 aromatic carbocycles. The zero-order valence-electron chi connectivity index (χ0n) is 22.9. The molecule has 0 unspecified atom stereocenters. The summed E-state index contributed by atoms with van der Waals surface area (Å²) in [5.74, 6) is -0.000198. The highest BCUT2D eigenvalue weighted by Crippen LogP contribution is 2.35. The summed E-state index contributed by atoms with van der Waals surface area (Å²) >= 11 is 0. The number of methoxy groups -OCH3 is 1. The lowest BCUT2D eigenvalue weighted by Gasteiger charge is -2.52. The highest BCUT2D eigenvalue weighted by Gasteiger charge is 2.41. The third-order valence-electron chi connectivity index (χ3n) is 8.36. The van der Waals surface area contributed by atoms with Crippen LogP contribution in [0.4, 0.5) is 13.2 Å². The third kappa shape index (κ3) is 5.87. The molecule has 2 aliphatic heterocycles. The Hall–Kier alpha value is -2.56. The zero-order chi connectivity index (χ0) is 27.7. The molecular formula is C28H38F3N5O2. The van der Waals surface area contributed by atoms with Crippen LogP contribution in [-0.4, -0.2) is 88.6 Å². The van der Waals surface area contributed by atoms with Crippen LogP contribution in [0, 0.1) is 13.8 Å². The number of hydrogen-bond donors (Lipinski definition) is 0. The predicted octanol–water partition coefficient (Wildman–Crippen LogP) is 4.50. The Balaban J connectivity index is 1.40. The first-order chi connectivity index (χ1) is 17.9. The first-order valence-electron chi connectivity index (χ1n) is 13.2. The fourth-order valence-electron chi connectivity index (χ4n) is 5.93. The third-order valence-corrected chi connectivity index (χ3v) is 8.36. The van der Waals surface area contributed by atoms with Gasteiger partial charge in [-0.3, -0.25) is 14.6 Å². The molecular weight excluding hydrogens is 495 g/mol. The summed E-state index contributed by atoms with van der Waals surface area (Å²) in [4.78, 5) is 28.4. The van der Waals surface area contributed by atoms with E-state index in [2.05, 4.69) is 33.6 Å². The number of aromatic nitrogens is 2. The molecule has 0 N–H and O–H groups in total. The Kier molecular flexibility index (Phi) is 8.44. The van der Waals surface area contributed by atoms with Crippen molar-refractivity contribution < 1.29 is 22.7 Å². The summed E-state index contributed by atoms with van der Waals surface area (Å²) in [7, 11) is 1.62. The van der Waals surface area contributed by atoms with Gasteiger partial charge < -0.3 is 9.64 Å². The van der Waals surface area contributed by atoms with Gasteiger partial charge in [0, 0.05) is 51.4 Å². The van der Waals surface area contributed by atoms with E-state index in [-0.39, 0.29) is 23.5 Å². The fraction of sp³-hybridized carbons (Fsp3) is 0.607. The molecule has 2 atom stereocenters. The molecule has 0 aliphatic carbocycles. The number of likely N-dealkylation sites (tertiary alicyclic amines) is 1. The van der Waals surface area contributed by atoms with Gasteiger partial charge in [-0.25, -0.2) is 9.97 Å². The zero-order valence-corrected chi connectivity index (χ0v) is 22.9. The van der Waals surface area contributed by atoms with Crippen LogP contribution < -0.4 is 0 Å². The first-order valence-corrected chi connectivity index (χ1v) is 13.2. The van der Waals surface area contributed by atoms with Crippen LogP contribution in [0.25, 0.3) is 0 Å². The summed E-state index contributed by atoms with van der Waals surface area (Å²) in [6.45, 7) is 12.4. The second-order valence-electron chi connectivity index (χ2n) is 10.8. The maximum atomic E-state index is 13.2. The maximum Gasteiger partial charge on any atom is 0.416 e. The number of carbonyl (C=O) groups excluding carboxylic acids is 1. The van der Waals surface area contributed by atoms with E-state index in [1.807, 2.05) is 18.7 Å². The number of carbonyl (C=O) groups is 1. The van der Waals surface area contributed by atoms with Crippen LogP contribution in [0.1, 0.15) is 65.6 Å². The lowest BCUT2D eigenvalue weighted by molar-refractivity contribution is -0.137. The molecule has 1 aromatic heterocycles. The van der Waals surface area contributed by atoms with Crippen molar-refractivity contribution in [2.75, 3.05) is 46.4 Å². The molecule has 10 heteroatoms. The van der Waals surface area contributed by atoms with Crippen molar-refractivity contribution in [3.05, 3.63) is 58.7 Å². The van der Waals surface area contributed by atoms with Gasteiger partial charge in [-0.2, -0.15) is 13.2 Å². The van der Waals surface area contributed by atoms with Crippen molar-refractivity contribution in [2.24, 2.45) is 0 Å². The van der Waals surface area contributed by atoms with Crippen LogP contribution >= 0.6 is 0 Å². The first kappa shape index (κ1) is 28.4. The number of piperazine rings is 1. The van der Waals surface area contributed by atoms with E-state index in [1.165, 1.54) is 6.33 Å². The van der Waals surface area contributed by atoms with Gasteiger partial charge in [0.2, 0.25) is 0 Å². The molecule has 0 spiro atoms. The summed E-state index contributed by atoms with van der Waals surface area (Å²) in [5.41, 5.74) is 2.18. The topological polar surface area (TPSA) is 61.8 Å². The number of aryl methyl sites for hydroxylation is 2. The van der Waals surface area contributed by atoms with E-state index < -0.39 is 11.7 Å². The predicted molar refractivity (Wildman–Crippen MR) is 139 cm³/mol. The molecule has 1 amide bonds. The standard InChI is InChI=1S/C28H38F3N5O2/c1-19-16-35(14-15-36(19)24(17-38-5)22-6-8-23(9-7-22)28(29,30)31)27(4)10-12-34(13-11-27)26(37)25-20(2)32-18-33-21(25)3/h6-9,18-19,24H,10-17H2,1-5H3/t19-,24+/m1/s1. The molecule has 0 saturated carbocycles. The van der Waals surface area contributed by atoms with Gasteiger partial charge in [0.1, 0.15) is 6.33 Å². The van der Waals surface area contributed by atoms with E-state index >= 15 is 0 Å². The van der Waals surface area contributed by atoms with Crippen LogP contribution in [0.15, 0.2) is 30.6 Å². The van der Waals surface area contributed by atoms with Gasteiger partial charge in [-0.1, -0.05) is 12.1 Å². The van der Waals surface area contributed by atoms with Crippen molar-refractivity contribution >= 4 is 5.91 Å². The highest BCUT2D eigenvalue weighted by atomic mass is 19.4. The van der Waals surface area contributed by atoms with Gasteiger partial charge in [-0.05, 0) is 58.2 Å². The summed E-state index contributed by atoms with van der Waals surface area (Å²) in [5, 5.41) is 0. The normalized spacial score (nSPS) is 21.9. The molecule has 4 rings (SSSR count). The molecule has 3 heterocycles. The molecule has 2 aliphatic rings. The van der Waals surface area contributed by atoms with E-state index in [4.69, 9.17) is 4.74 Å². The van der Waals surface area contributed by atoms with Crippen molar-refractivity contribution in [2.45, 2.75) is 64.3 Å². The molecule has 0 radical (unpaired) electrons. The van der Waals surface area contributed by atoms with Crippen LogP contribution in [-0.2, 0) is 10.9 Å². The average Bonchev–Trinajstić information content (AvgIpc) is 2.87. The van der Waals surface area contributed by atoms with E-state index in [0.717, 1.165) is 50.2 Å². The molecule has 2 saturated heterocycles. The van der Waals surface area contributed by atoms with Crippen LogP contribution in [0.2, 0.25) is 0 Å². The minimum atomic E-state index is -4.35. The molecule has 7 nitrogen and oxygen atoms in total. The number of hydrogen-bond acceptors (Lipinski definition) is 6. The number of nitrogens with zero attached hydrogens (tertiary/aromatic N) is 5. The number of ether oxygens (including phenoxy) is 1. The number of halogens is 3. The number of benzene rings is 1. The van der Waals surface area contributed by atoms with Gasteiger partial charge in [-0.15, -0.1) is 0 Å². The van der Waals surface area contributed by atoms with Gasteiger partial charge in [0.15, 0.2) is 0 Å². The summed E-state index contributed by atoms with van der Waals surface area (Å²) in [6.07, 6.45) is -1.12. The Morgan fingerprint density at radius 3 is 2.21 bits per heavy atom. The van der Waals surface area contributed by atoms with E-state index in [0.29, 0.717) is 36.6 Å². The Labute approximate surface area is 223 Å². The molecule has 208 valence electrons. The number of amides is 1. The van der Waals surface area contributed by atoms with Crippen molar-refractivity contribution in [1.82, 2.24) is 24.7 Å². The van der Waals surface area contributed by atoms with Crippen molar-refractivity contribution in [3.63, 3.8) is 0 Å². The Bertz CT molecular complexity index is 1100. The Morgan fingerprint density at radius 2 is 1.68 bits per heavy atom. The number of piperidine rings is 1. The minimum Gasteiger partial charge on any atom is -0.383 e. The maximum absolute atomic E-state index is 13.2. The molecule has 0 bridgehead atoms. The van der Waals surface area contributed by atoms with Crippen LogP contribution in [0.5, 0.6) is 0 Å². The van der Waals surface area contributed by atoms with Crippen molar-refractivity contribution in [3.8, 4) is 0 Å². The quantitative estimate of drug-likeness (QED) is 0.545. The largest absolute Gasteiger partial charge is 0.416 e. The van der Waals surface area contributed by atoms with Gasteiger partial charge in [0.05, 0.1) is 35.2 Å². The summed E-state index contributed by atoms with van der Waals surface area (Å²) in [6, 6.07) is 5.52. The molecule has 2 aromatic rings. The SMILES string of the molecule is COC[C@@H](c1ccc(C(F)(F)F)cc1)N1CCN(C2(C)CCN(C(=O)c3c(C)ncnc3C)CC2)C[C@H]1C. The highest BCUT2D eigenvalue weighted by molar-refractivity contribution is 5.96. The lowest BCUT2D eigenvalue weighted by Crippen LogP contribution is -2.62. The minimum absolute atomic E-state index is 0.000198. The van der Waals surface area contributed by atoms with Gasteiger partial charge >= 0.3 is 6.18 Å². The van der Waals surface area contributed by atoms with E-state index in [1.54, 1.807) is 19.2 Å². The monoisotopic (exact) mass is 533 g/mol. The van der Waals surface area contributed by atoms with Crippen LogP contribution in [0.3, 0.4) is 0 Å². The Morgan fingerprint density at radius 1 is 1.08 bits per heavy atom. The molecule has 38 heavy (non-hydrogen) atoms. The second-order valence-corrected chi connectivity index (χ2v) is 10.8. The lowest BCUT2D eigenvalue weighted by atomic mass is 9.86. The average molecular weight is 534 g/mol. The summed E-state index contributed by atoms with van der Waals surface area (Å²) < 4.78 is 44.7. The smallest absolute Gasteiger partial charge is 0.383 e. The number of alkyl halides is 3. The molecule has 2 fully saturated rings. The van der Waals surface area contributed by atoms with Crippen molar-refractivity contribution in [1.29, 1.82) is 0 Å². The van der Waals surface area contributed by atoms with Gasteiger partial charge in [0.25, 0.3) is 5.91 Å². The van der Waals surface area contributed by atoms with E-state index in [9.17, 15) is 18.0 Å². The number of rotatable bonds is 6. The fourth-order valence-corrected chi connectivity index (χ4v) is 5.93. The second kappa shape index (κ2) is 11.3.